The number of rotatable bonds is 9. The zero-order chi connectivity index (χ0) is 23.9. The molecule has 1 saturated heterocycles. The molecule has 4 nitrogen and oxygen atoms in total. The lowest BCUT2D eigenvalue weighted by atomic mass is 9.94. The molecule has 3 atom stereocenters. The molecule has 0 aromatic heterocycles. The smallest absolute Gasteiger partial charge is 0.119 e. The van der Waals surface area contributed by atoms with Crippen molar-refractivity contribution in [3.8, 4) is 5.75 Å². The second kappa shape index (κ2) is 12.1. The lowest BCUT2D eigenvalue weighted by Crippen LogP contribution is -2.32. The predicted octanol–water partition coefficient (Wildman–Crippen LogP) is 6.20. The van der Waals surface area contributed by atoms with Crippen LogP contribution in [-0.4, -0.2) is 34.8 Å². The van der Waals surface area contributed by atoms with E-state index in [1.54, 1.807) is 11.8 Å². The van der Waals surface area contributed by atoms with Gasteiger partial charge in [-0.2, -0.15) is 0 Å². The van der Waals surface area contributed by atoms with E-state index in [1.165, 1.54) is 0 Å². The van der Waals surface area contributed by atoms with Crippen molar-refractivity contribution in [3.05, 3.63) is 94.0 Å². The lowest BCUT2D eigenvalue weighted by Gasteiger charge is -2.33. The molecule has 1 heterocycles. The first kappa shape index (κ1) is 25.1. The molecule has 0 unspecified atom stereocenters. The van der Waals surface area contributed by atoms with Gasteiger partial charge in [-0.3, -0.25) is 0 Å². The summed E-state index contributed by atoms with van der Waals surface area (Å²) in [4.78, 5) is 1.13. The third-order valence-electron chi connectivity index (χ3n) is 5.99. The van der Waals surface area contributed by atoms with E-state index in [0.29, 0.717) is 19.4 Å². The molecule has 180 valence electrons. The Kier molecular flexibility index (Phi) is 8.92. The molecule has 2 N–H and O–H groups in total. The summed E-state index contributed by atoms with van der Waals surface area (Å²) in [6, 6.07) is 22.0. The minimum Gasteiger partial charge on any atom is -0.494 e. The molecule has 1 fully saturated rings. The summed E-state index contributed by atoms with van der Waals surface area (Å²) in [5.41, 5.74) is 4.15. The highest BCUT2D eigenvalue weighted by Crippen LogP contribution is 2.35. The van der Waals surface area contributed by atoms with Gasteiger partial charge in [-0.15, -0.1) is 11.8 Å². The minimum atomic E-state index is -0.397. The summed E-state index contributed by atoms with van der Waals surface area (Å²) >= 11 is 8.24. The largest absolute Gasteiger partial charge is 0.494 e. The molecule has 4 rings (SSSR count). The Balaban J connectivity index is 1.41. The Morgan fingerprint density at radius 1 is 1.00 bits per heavy atom. The SMILES string of the molecule is CCOc1ccc(Cc2cc([C@H]3C[C@@H](O)C[C@@H](CSc4ccc(CO)cc4)O3)ccc2Cl)cc1. The molecule has 3 aromatic carbocycles. The maximum Gasteiger partial charge on any atom is 0.119 e. The fourth-order valence-corrected chi connectivity index (χ4v) is 5.32. The number of ether oxygens (including phenoxy) is 2. The monoisotopic (exact) mass is 498 g/mol. The van der Waals surface area contributed by atoms with Crippen LogP contribution in [0.3, 0.4) is 0 Å². The summed E-state index contributed by atoms with van der Waals surface area (Å²) in [5.74, 6) is 1.63. The van der Waals surface area contributed by atoms with Gasteiger partial charge in [0.05, 0.1) is 31.5 Å². The zero-order valence-electron chi connectivity index (χ0n) is 19.3. The first-order valence-corrected chi connectivity index (χ1v) is 13.1. The predicted molar refractivity (Wildman–Crippen MR) is 138 cm³/mol. The molecular weight excluding hydrogens is 468 g/mol. The molecule has 0 bridgehead atoms. The van der Waals surface area contributed by atoms with Gasteiger partial charge in [0, 0.05) is 28.5 Å². The van der Waals surface area contributed by atoms with E-state index in [9.17, 15) is 10.2 Å². The van der Waals surface area contributed by atoms with E-state index in [0.717, 1.165) is 50.1 Å². The van der Waals surface area contributed by atoms with Crippen LogP contribution in [0.15, 0.2) is 71.6 Å². The van der Waals surface area contributed by atoms with E-state index in [4.69, 9.17) is 21.1 Å². The van der Waals surface area contributed by atoms with Crippen LogP contribution in [0.2, 0.25) is 5.02 Å². The van der Waals surface area contributed by atoms with Crippen LogP contribution in [0.1, 0.15) is 48.1 Å². The quantitative estimate of drug-likeness (QED) is 0.344. The van der Waals surface area contributed by atoms with Gasteiger partial charge in [0.25, 0.3) is 0 Å². The Labute approximate surface area is 210 Å². The Morgan fingerprint density at radius 2 is 1.74 bits per heavy atom. The highest BCUT2D eigenvalue weighted by atomic mass is 35.5. The van der Waals surface area contributed by atoms with Crippen molar-refractivity contribution in [2.45, 2.75) is 56.0 Å². The van der Waals surface area contributed by atoms with Gasteiger partial charge < -0.3 is 19.7 Å². The molecule has 34 heavy (non-hydrogen) atoms. The van der Waals surface area contributed by atoms with Crippen LogP contribution in [-0.2, 0) is 17.8 Å². The van der Waals surface area contributed by atoms with E-state index >= 15 is 0 Å². The molecular formula is C28H31ClO4S. The second-order valence-electron chi connectivity index (χ2n) is 8.59. The van der Waals surface area contributed by atoms with Gasteiger partial charge in [-0.05, 0) is 65.9 Å². The van der Waals surface area contributed by atoms with E-state index < -0.39 is 6.10 Å². The molecule has 0 radical (unpaired) electrons. The molecule has 0 saturated carbocycles. The molecule has 0 aliphatic carbocycles. The third kappa shape index (κ3) is 6.77. The number of thioether (sulfide) groups is 1. The number of aliphatic hydroxyl groups is 2. The molecule has 0 spiro atoms. The average Bonchev–Trinajstić information content (AvgIpc) is 2.85. The molecule has 0 amide bonds. The van der Waals surface area contributed by atoms with E-state index in [1.807, 2.05) is 55.5 Å². The standard InChI is InChI=1S/C28H31ClO4S/c1-2-32-24-8-3-19(4-9-24)13-22-14-21(7-12-27(22)29)28-16-23(31)15-25(33-28)18-34-26-10-5-20(17-30)6-11-26/h3-12,14,23,25,28,30-31H,2,13,15-18H2,1H3/t23-,25-,28+/m0/s1. The number of aliphatic hydroxyl groups excluding tert-OH is 2. The van der Waals surface area contributed by atoms with Gasteiger partial charge in [-0.1, -0.05) is 48.0 Å². The number of benzene rings is 3. The summed E-state index contributed by atoms with van der Waals surface area (Å²) in [6.45, 7) is 2.67. The first-order valence-electron chi connectivity index (χ1n) is 11.7. The van der Waals surface area contributed by atoms with Crippen LogP contribution in [0, 0.1) is 0 Å². The highest BCUT2D eigenvalue weighted by Gasteiger charge is 2.29. The summed E-state index contributed by atoms with van der Waals surface area (Å²) < 4.78 is 12.0. The van der Waals surface area contributed by atoms with Crippen molar-refractivity contribution in [3.63, 3.8) is 0 Å². The lowest BCUT2D eigenvalue weighted by molar-refractivity contribution is -0.0875. The number of hydrogen-bond donors (Lipinski definition) is 2. The van der Waals surface area contributed by atoms with Crippen LogP contribution in [0.5, 0.6) is 5.75 Å². The van der Waals surface area contributed by atoms with Gasteiger partial charge in [0.1, 0.15) is 5.75 Å². The number of hydrogen-bond acceptors (Lipinski definition) is 5. The maximum atomic E-state index is 10.6. The Morgan fingerprint density at radius 3 is 2.44 bits per heavy atom. The molecule has 1 aliphatic rings. The van der Waals surface area contributed by atoms with Crippen LogP contribution < -0.4 is 4.74 Å². The van der Waals surface area contributed by atoms with Crippen LogP contribution >= 0.6 is 23.4 Å². The minimum absolute atomic E-state index is 0.0403. The topological polar surface area (TPSA) is 58.9 Å². The number of halogens is 1. The van der Waals surface area contributed by atoms with Crippen molar-refractivity contribution in [2.24, 2.45) is 0 Å². The van der Waals surface area contributed by atoms with E-state index in [-0.39, 0.29) is 18.8 Å². The first-order chi connectivity index (χ1) is 16.5. The van der Waals surface area contributed by atoms with Crippen molar-refractivity contribution in [1.82, 2.24) is 0 Å². The maximum absolute atomic E-state index is 10.6. The van der Waals surface area contributed by atoms with Crippen LogP contribution in [0.4, 0.5) is 0 Å². The Hall–Kier alpha value is -2.02. The normalized spacial score (nSPS) is 20.3. The zero-order valence-corrected chi connectivity index (χ0v) is 20.9. The van der Waals surface area contributed by atoms with E-state index in [2.05, 4.69) is 18.2 Å². The Bertz CT molecular complexity index is 1060. The average molecular weight is 499 g/mol. The van der Waals surface area contributed by atoms with Crippen molar-refractivity contribution in [2.75, 3.05) is 12.4 Å². The summed E-state index contributed by atoms with van der Waals surface area (Å²) in [6.07, 6.45) is 1.33. The molecule has 6 heteroatoms. The highest BCUT2D eigenvalue weighted by molar-refractivity contribution is 7.99. The van der Waals surface area contributed by atoms with Gasteiger partial charge in [0.2, 0.25) is 0 Å². The molecule has 1 aliphatic heterocycles. The summed E-state index contributed by atoms with van der Waals surface area (Å²) in [7, 11) is 0. The van der Waals surface area contributed by atoms with Crippen molar-refractivity contribution < 1.29 is 19.7 Å². The third-order valence-corrected chi connectivity index (χ3v) is 7.50. The van der Waals surface area contributed by atoms with Gasteiger partial charge >= 0.3 is 0 Å². The van der Waals surface area contributed by atoms with Crippen molar-refractivity contribution >= 4 is 23.4 Å². The van der Waals surface area contributed by atoms with Crippen LogP contribution in [0.25, 0.3) is 0 Å². The fraction of sp³-hybridized carbons (Fsp3) is 0.357. The van der Waals surface area contributed by atoms with Crippen molar-refractivity contribution in [1.29, 1.82) is 0 Å². The second-order valence-corrected chi connectivity index (χ2v) is 10.1. The summed E-state index contributed by atoms with van der Waals surface area (Å²) in [5, 5.41) is 20.5. The molecule has 3 aromatic rings. The fourth-order valence-electron chi connectivity index (χ4n) is 4.21. The van der Waals surface area contributed by atoms with Gasteiger partial charge in [0.15, 0.2) is 0 Å². The van der Waals surface area contributed by atoms with Gasteiger partial charge in [-0.25, -0.2) is 0 Å².